The maximum absolute atomic E-state index is 13.3. The fraction of sp³-hybridized carbons (Fsp3) is 0.800. The van der Waals surface area contributed by atoms with Crippen LogP contribution in [-0.4, -0.2) is 23.9 Å². The minimum atomic E-state index is 0.0503. The van der Waals surface area contributed by atoms with E-state index in [1.807, 2.05) is 0 Å². The monoisotopic (exact) mass is 409 g/mol. The van der Waals surface area contributed by atoms with Crippen molar-refractivity contribution in [1.82, 2.24) is 10.6 Å². The van der Waals surface area contributed by atoms with Gasteiger partial charge in [0.05, 0.1) is 6.07 Å². The first-order chi connectivity index (χ1) is 14.3. The zero-order chi connectivity index (χ0) is 21.1. The number of carbonyl (C=O) groups excluding carboxylic acids is 2. The molecule has 4 unspecified atom stereocenters. The van der Waals surface area contributed by atoms with Gasteiger partial charge in [-0.2, -0.15) is 5.26 Å². The summed E-state index contributed by atoms with van der Waals surface area (Å²) in [5.74, 6) is 2.36. The van der Waals surface area contributed by atoms with Gasteiger partial charge in [0.15, 0.2) is 0 Å². The number of hydrogen-bond donors (Lipinski definition) is 2. The number of amides is 2. The lowest BCUT2D eigenvalue weighted by molar-refractivity contribution is -0.134. The van der Waals surface area contributed by atoms with Crippen LogP contribution in [0, 0.1) is 51.8 Å². The smallest absolute Gasteiger partial charge is 0.243 e. The van der Waals surface area contributed by atoms with Gasteiger partial charge >= 0.3 is 0 Å². The zero-order valence-corrected chi connectivity index (χ0v) is 18.3. The third-order valence-electron chi connectivity index (χ3n) is 9.96. The summed E-state index contributed by atoms with van der Waals surface area (Å²) in [6.45, 7) is 4.72. The number of fused-ring (bicyclic) bond motifs is 5. The van der Waals surface area contributed by atoms with E-state index in [0.717, 1.165) is 51.4 Å². The van der Waals surface area contributed by atoms with E-state index >= 15 is 0 Å². The summed E-state index contributed by atoms with van der Waals surface area (Å²) in [6, 6.07) is 2.81. The summed E-state index contributed by atoms with van der Waals surface area (Å²) in [4.78, 5) is 25.2. The summed E-state index contributed by atoms with van der Waals surface area (Å²) in [5.41, 5.74) is 0.137. The first-order valence-corrected chi connectivity index (χ1v) is 12.0. The first kappa shape index (κ1) is 20.1. The highest BCUT2D eigenvalue weighted by atomic mass is 16.2. The van der Waals surface area contributed by atoms with Crippen LogP contribution >= 0.6 is 0 Å². The molecule has 2 amide bonds. The molecule has 2 N–H and O–H groups in total. The predicted octanol–water partition coefficient (Wildman–Crippen LogP) is 3.71. The van der Waals surface area contributed by atoms with E-state index in [-0.39, 0.29) is 46.6 Å². The number of nitrogens with zero attached hydrogens (tertiary/aromatic N) is 1. The molecular formula is C25H35N3O2. The molecule has 0 aromatic heterocycles. The molecule has 0 radical (unpaired) electrons. The van der Waals surface area contributed by atoms with Crippen molar-refractivity contribution in [3.05, 3.63) is 12.2 Å². The molecule has 0 spiro atoms. The van der Waals surface area contributed by atoms with Gasteiger partial charge < -0.3 is 10.6 Å². The van der Waals surface area contributed by atoms with E-state index < -0.39 is 0 Å². The largest absolute Gasteiger partial charge is 0.353 e. The molecule has 1 heterocycles. The van der Waals surface area contributed by atoms with E-state index in [1.165, 1.54) is 6.42 Å². The molecule has 4 saturated carbocycles. The Labute approximate surface area is 180 Å². The topological polar surface area (TPSA) is 82.0 Å². The number of carbonyl (C=O) groups is 2. The quantitative estimate of drug-likeness (QED) is 0.729. The van der Waals surface area contributed by atoms with Gasteiger partial charge in [-0.1, -0.05) is 19.9 Å². The van der Waals surface area contributed by atoms with Crippen molar-refractivity contribution in [1.29, 1.82) is 5.26 Å². The standard InChI is InChI=1S/C25H35N3O2/c1-24-11-9-19-17(5-8-21-25(19,2)12-10-22(29)28-21)18(24)6-7-20(24)23(30)27-16-4-3-15(13-16)14-26/h10,12,15-21H,3-9,11,13H2,1-2H3,(H,27,30)(H,28,29)/t15?,16?,17-,18-,19+,20?,21?,24-,25+/m0/s1. The number of nitriles is 1. The van der Waals surface area contributed by atoms with E-state index in [0.29, 0.717) is 17.8 Å². The molecule has 5 nitrogen and oxygen atoms in total. The fourth-order valence-corrected chi connectivity index (χ4v) is 8.30. The Kier molecular flexibility index (Phi) is 4.76. The van der Waals surface area contributed by atoms with Gasteiger partial charge in [0.25, 0.3) is 0 Å². The highest BCUT2D eigenvalue weighted by molar-refractivity contribution is 5.89. The van der Waals surface area contributed by atoms with Crippen molar-refractivity contribution in [2.75, 3.05) is 0 Å². The molecule has 0 bridgehead atoms. The highest BCUT2D eigenvalue weighted by Gasteiger charge is 2.60. The van der Waals surface area contributed by atoms with Crippen LogP contribution in [0.5, 0.6) is 0 Å². The van der Waals surface area contributed by atoms with Crippen molar-refractivity contribution in [2.45, 2.75) is 83.7 Å². The lowest BCUT2D eigenvalue weighted by Crippen LogP contribution is -2.59. The third-order valence-corrected chi connectivity index (χ3v) is 9.96. The molecule has 0 saturated heterocycles. The normalized spacial score (nSPS) is 49.4. The first-order valence-electron chi connectivity index (χ1n) is 12.0. The summed E-state index contributed by atoms with van der Waals surface area (Å²) in [7, 11) is 0. The molecule has 162 valence electrons. The Morgan fingerprint density at radius 2 is 1.97 bits per heavy atom. The van der Waals surface area contributed by atoms with Crippen molar-refractivity contribution in [2.24, 2.45) is 40.4 Å². The molecule has 5 aliphatic rings. The van der Waals surface area contributed by atoms with Crippen molar-refractivity contribution >= 4 is 11.8 Å². The molecular weight excluding hydrogens is 374 g/mol. The fourth-order valence-electron chi connectivity index (χ4n) is 8.30. The summed E-state index contributed by atoms with van der Waals surface area (Å²) < 4.78 is 0. The van der Waals surface area contributed by atoms with Gasteiger partial charge in [-0.15, -0.1) is 0 Å². The Morgan fingerprint density at radius 3 is 2.73 bits per heavy atom. The minimum Gasteiger partial charge on any atom is -0.353 e. The molecule has 1 aliphatic heterocycles. The average molecular weight is 410 g/mol. The Morgan fingerprint density at radius 1 is 1.13 bits per heavy atom. The lowest BCUT2D eigenvalue weighted by atomic mass is 9.48. The molecule has 5 heteroatoms. The van der Waals surface area contributed by atoms with Gasteiger partial charge in [-0.25, -0.2) is 0 Å². The molecule has 4 aliphatic carbocycles. The second-order valence-electron chi connectivity index (χ2n) is 11.2. The van der Waals surface area contributed by atoms with E-state index in [9.17, 15) is 9.59 Å². The van der Waals surface area contributed by atoms with Crippen LogP contribution in [0.1, 0.15) is 71.6 Å². The van der Waals surface area contributed by atoms with E-state index in [2.05, 4.69) is 36.6 Å². The van der Waals surface area contributed by atoms with E-state index in [4.69, 9.17) is 5.26 Å². The van der Waals surface area contributed by atoms with E-state index in [1.54, 1.807) is 6.08 Å². The van der Waals surface area contributed by atoms with Crippen LogP contribution in [0.2, 0.25) is 0 Å². The van der Waals surface area contributed by atoms with Crippen LogP contribution in [0.3, 0.4) is 0 Å². The third kappa shape index (κ3) is 2.93. The molecule has 0 aromatic carbocycles. The lowest BCUT2D eigenvalue weighted by Gasteiger charge is -2.58. The van der Waals surface area contributed by atoms with Crippen LogP contribution < -0.4 is 10.6 Å². The Hall–Kier alpha value is -1.83. The molecule has 5 rings (SSSR count). The summed E-state index contributed by atoms with van der Waals surface area (Å²) in [5, 5.41) is 15.7. The Bertz CT molecular complexity index is 816. The molecule has 4 fully saturated rings. The molecule has 30 heavy (non-hydrogen) atoms. The maximum Gasteiger partial charge on any atom is 0.243 e. The SMILES string of the molecule is C[C@]12C=CC(=O)NC1CC[C@@H]1[C@H]2CC[C@]2(C)C(C(=O)NC3CCC(C#N)C3)CC[C@@H]12. The predicted molar refractivity (Wildman–Crippen MR) is 114 cm³/mol. The second-order valence-corrected chi connectivity index (χ2v) is 11.2. The van der Waals surface area contributed by atoms with Gasteiger partial charge in [0, 0.05) is 29.3 Å². The van der Waals surface area contributed by atoms with Gasteiger partial charge in [0.1, 0.15) is 0 Å². The highest BCUT2D eigenvalue weighted by Crippen LogP contribution is 2.65. The van der Waals surface area contributed by atoms with Gasteiger partial charge in [0.2, 0.25) is 11.8 Å². The minimum absolute atomic E-state index is 0.0503. The van der Waals surface area contributed by atoms with Gasteiger partial charge in [-0.05, 0) is 87.0 Å². The molecule has 9 atom stereocenters. The van der Waals surface area contributed by atoms with Crippen molar-refractivity contribution in [3.63, 3.8) is 0 Å². The second kappa shape index (κ2) is 7.11. The maximum atomic E-state index is 13.3. The number of rotatable bonds is 2. The van der Waals surface area contributed by atoms with Crippen LogP contribution in [-0.2, 0) is 9.59 Å². The average Bonchev–Trinajstić information content (AvgIpc) is 3.32. The zero-order valence-electron chi connectivity index (χ0n) is 18.3. The number of nitrogens with one attached hydrogen (secondary N) is 2. The summed E-state index contributed by atoms with van der Waals surface area (Å²) in [6.07, 6.45) is 13.2. The van der Waals surface area contributed by atoms with Crippen LogP contribution in [0.25, 0.3) is 0 Å². The Balaban J connectivity index is 1.32. The molecule has 0 aromatic rings. The number of hydrogen-bond acceptors (Lipinski definition) is 3. The van der Waals surface area contributed by atoms with Crippen molar-refractivity contribution in [3.8, 4) is 6.07 Å². The van der Waals surface area contributed by atoms with Gasteiger partial charge in [-0.3, -0.25) is 9.59 Å². The van der Waals surface area contributed by atoms with Crippen molar-refractivity contribution < 1.29 is 9.59 Å². The van der Waals surface area contributed by atoms with Crippen LogP contribution in [0.15, 0.2) is 12.2 Å². The summed E-state index contributed by atoms with van der Waals surface area (Å²) >= 11 is 0. The van der Waals surface area contributed by atoms with Crippen LogP contribution in [0.4, 0.5) is 0 Å².